The van der Waals surface area contributed by atoms with E-state index in [0.29, 0.717) is 11.7 Å². The van der Waals surface area contributed by atoms with Crippen LogP contribution in [0, 0.1) is 11.8 Å². The van der Waals surface area contributed by atoms with Crippen LogP contribution in [0.4, 0.5) is 0 Å². The second kappa shape index (κ2) is 8.85. The first kappa shape index (κ1) is 18.5. The first-order chi connectivity index (χ1) is 11.0. The maximum Gasteiger partial charge on any atom is 0.159 e. The molecule has 0 radical (unpaired) electrons. The number of hydrogen-bond acceptors (Lipinski definition) is 1. The minimum absolute atomic E-state index is 0.447. The molecule has 0 N–H and O–H groups in total. The topological polar surface area (TPSA) is 17.1 Å². The Morgan fingerprint density at radius 3 is 2.30 bits per heavy atom. The van der Waals surface area contributed by atoms with Gasteiger partial charge in [-0.25, -0.2) is 0 Å². The summed E-state index contributed by atoms with van der Waals surface area (Å²) in [6.07, 6.45) is 13.0. The highest BCUT2D eigenvalue weighted by atomic mass is 16.1. The molecule has 0 aromatic carbocycles. The minimum atomic E-state index is 0.447. The van der Waals surface area contributed by atoms with Crippen molar-refractivity contribution in [2.24, 2.45) is 11.8 Å². The number of allylic oxidation sites excluding steroid dienone is 4. The number of Topliss-reactive ketones (excluding diaryl/α,β-unsaturated/α-hetero) is 1. The van der Waals surface area contributed by atoms with Crippen LogP contribution in [0.25, 0.3) is 0 Å². The van der Waals surface area contributed by atoms with E-state index in [1.165, 1.54) is 56.1 Å². The minimum Gasteiger partial charge on any atom is -0.295 e. The average molecular weight is 317 g/mol. The molecule has 0 bridgehead atoms. The average Bonchev–Trinajstić information content (AvgIpc) is 2.70. The fraction of sp³-hybridized carbons (Fsp3) is 0.773. The van der Waals surface area contributed by atoms with Gasteiger partial charge < -0.3 is 0 Å². The third-order valence-corrected chi connectivity index (χ3v) is 6.07. The Morgan fingerprint density at radius 1 is 0.913 bits per heavy atom. The van der Waals surface area contributed by atoms with Crippen LogP contribution in [0.3, 0.4) is 0 Å². The van der Waals surface area contributed by atoms with Gasteiger partial charge in [0.2, 0.25) is 0 Å². The normalized spacial score (nSPS) is 22.0. The molecule has 23 heavy (non-hydrogen) atoms. The van der Waals surface area contributed by atoms with Crippen molar-refractivity contribution in [1.29, 1.82) is 0 Å². The van der Waals surface area contributed by atoms with Gasteiger partial charge in [0, 0.05) is 6.42 Å². The van der Waals surface area contributed by atoms with Gasteiger partial charge in [0.1, 0.15) is 0 Å². The maximum absolute atomic E-state index is 12.3. The van der Waals surface area contributed by atoms with E-state index in [1.807, 2.05) is 0 Å². The number of rotatable bonds is 7. The van der Waals surface area contributed by atoms with Crippen LogP contribution < -0.4 is 0 Å². The second-order valence-electron chi connectivity index (χ2n) is 7.98. The summed E-state index contributed by atoms with van der Waals surface area (Å²) >= 11 is 0. The number of carbonyl (C=O) groups is 1. The highest BCUT2D eigenvalue weighted by Crippen LogP contribution is 2.40. The Balaban J connectivity index is 2.05. The lowest BCUT2D eigenvalue weighted by Crippen LogP contribution is -2.15. The molecular weight excluding hydrogens is 280 g/mol. The molecule has 1 heteroatoms. The monoisotopic (exact) mass is 316 g/mol. The first-order valence-corrected chi connectivity index (χ1v) is 9.99. The molecule has 0 amide bonds. The Hall–Kier alpha value is -0.850. The van der Waals surface area contributed by atoms with Gasteiger partial charge in [0.15, 0.2) is 5.78 Å². The molecule has 0 aromatic heterocycles. The lowest BCUT2D eigenvalue weighted by Gasteiger charge is -2.26. The maximum atomic E-state index is 12.3. The number of ketones is 1. The zero-order valence-electron chi connectivity index (χ0n) is 15.8. The fourth-order valence-electron chi connectivity index (χ4n) is 4.42. The lowest BCUT2D eigenvalue weighted by molar-refractivity contribution is -0.116. The molecular formula is C22H36O. The lowest BCUT2D eigenvalue weighted by atomic mass is 9.79. The summed E-state index contributed by atoms with van der Waals surface area (Å²) in [6.45, 7) is 9.38. The van der Waals surface area contributed by atoms with Crippen molar-refractivity contribution in [1.82, 2.24) is 0 Å². The van der Waals surface area contributed by atoms with E-state index in [1.54, 1.807) is 11.1 Å². The number of unbranched alkanes of at least 4 members (excludes halogenated alkanes) is 1. The standard InChI is InChI=1S/C22H36O/c1-5-16(2)10-6-7-11-17(3)22-18(4)12-8-13-19-20(22)14-9-15-21(19)23/h16-17H,5-15H2,1-4H3. The van der Waals surface area contributed by atoms with Crippen LogP contribution in [0.2, 0.25) is 0 Å². The molecule has 0 fully saturated rings. The van der Waals surface area contributed by atoms with E-state index in [9.17, 15) is 4.79 Å². The molecule has 2 unspecified atom stereocenters. The smallest absolute Gasteiger partial charge is 0.159 e. The first-order valence-electron chi connectivity index (χ1n) is 9.99. The van der Waals surface area contributed by atoms with Crippen molar-refractivity contribution in [2.75, 3.05) is 0 Å². The van der Waals surface area contributed by atoms with Crippen molar-refractivity contribution in [2.45, 2.75) is 98.3 Å². The van der Waals surface area contributed by atoms with Gasteiger partial charge in [-0.2, -0.15) is 0 Å². The van der Waals surface area contributed by atoms with E-state index in [-0.39, 0.29) is 0 Å². The second-order valence-corrected chi connectivity index (χ2v) is 7.98. The zero-order chi connectivity index (χ0) is 16.8. The van der Waals surface area contributed by atoms with Gasteiger partial charge in [-0.15, -0.1) is 0 Å². The molecule has 0 saturated carbocycles. The highest BCUT2D eigenvalue weighted by Gasteiger charge is 2.27. The van der Waals surface area contributed by atoms with Gasteiger partial charge >= 0.3 is 0 Å². The summed E-state index contributed by atoms with van der Waals surface area (Å²) in [4.78, 5) is 12.3. The Kier molecular flexibility index (Phi) is 7.11. The van der Waals surface area contributed by atoms with Crippen LogP contribution in [0.5, 0.6) is 0 Å². The third-order valence-electron chi connectivity index (χ3n) is 6.07. The Bertz CT molecular complexity index is 480. The zero-order valence-corrected chi connectivity index (χ0v) is 15.8. The van der Waals surface area contributed by atoms with Crippen LogP contribution in [0.15, 0.2) is 22.3 Å². The SMILES string of the molecule is CCC(C)CCCCC(C)C1=C(C)CCCC2=C1CCCC2=O. The van der Waals surface area contributed by atoms with Crippen molar-refractivity contribution >= 4 is 5.78 Å². The van der Waals surface area contributed by atoms with E-state index < -0.39 is 0 Å². The molecule has 0 aromatic rings. The largest absolute Gasteiger partial charge is 0.295 e. The van der Waals surface area contributed by atoms with Crippen LogP contribution in [0.1, 0.15) is 98.3 Å². The number of carbonyl (C=O) groups excluding carboxylic acids is 1. The van der Waals surface area contributed by atoms with Crippen LogP contribution >= 0.6 is 0 Å². The van der Waals surface area contributed by atoms with E-state index in [0.717, 1.165) is 31.6 Å². The van der Waals surface area contributed by atoms with Gasteiger partial charge in [0.05, 0.1) is 0 Å². The van der Waals surface area contributed by atoms with E-state index in [4.69, 9.17) is 0 Å². The fourth-order valence-corrected chi connectivity index (χ4v) is 4.42. The summed E-state index contributed by atoms with van der Waals surface area (Å²) < 4.78 is 0. The summed E-state index contributed by atoms with van der Waals surface area (Å²) in [7, 11) is 0. The molecule has 2 aliphatic carbocycles. The van der Waals surface area contributed by atoms with Crippen molar-refractivity contribution in [3.63, 3.8) is 0 Å². The van der Waals surface area contributed by atoms with Crippen molar-refractivity contribution in [3.8, 4) is 0 Å². The van der Waals surface area contributed by atoms with Crippen LogP contribution in [-0.4, -0.2) is 5.78 Å². The van der Waals surface area contributed by atoms with Gasteiger partial charge in [0.25, 0.3) is 0 Å². The molecule has 130 valence electrons. The third kappa shape index (κ3) is 4.81. The van der Waals surface area contributed by atoms with Crippen LogP contribution in [-0.2, 0) is 4.79 Å². The summed E-state index contributed by atoms with van der Waals surface area (Å²) in [5.41, 5.74) is 5.81. The quantitative estimate of drug-likeness (QED) is 0.473. The van der Waals surface area contributed by atoms with Gasteiger partial charge in [-0.3, -0.25) is 4.79 Å². The predicted octanol–water partition coefficient (Wildman–Crippen LogP) is 6.78. The molecule has 2 rings (SSSR count). The van der Waals surface area contributed by atoms with E-state index in [2.05, 4.69) is 27.7 Å². The highest BCUT2D eigenvalue weighted by molar-refractivity contribution is 5.97. The summed E-state index contributed by atoms with van der Waals surface area (Å²) in [5.74, 6) is 1.94. The van der Waals surface area contributed by atoms with E-state index >= 15 is 0 Å². The molecule has 2 aliphatic rings. The predicted molar refractivity (Wildman–Crippen MR) is 99.5 cm³/mol. The Labute approximate surface area is 143 Å². The van der Waals surface area contributed by atoms with Gasteiger partial charge in [-0.05, 0) is 74.0 Å². The summed E-state index contributed by atoms with van der Waals surface area (Å²) in [6, 6.07) is 0. The molecule has 1 nitrogen and oxygen atoms in total. The molecule has 2 atom stereocenters. The molecule has 0 aliphatic heterocycles. The summed E-state index contributed by atoms with van der Waals surface area (Å²) in [5, 5.41) is 0. The Morgan fingerprint density at radius 2 is 1.57 bits per heavy atom. The molecule has 0 spiro atoms. The van der Waals surface area contributed by atoms with Crippen molar-refractivity contribution < 1.29 is 4.79 Å². The molecule has 0 saturated heterocycles. The molecule has 0 heterocycles. The number of hydrogen-bond donors (Lipinski definition) is 0. The van der Waals surface area contributed by atoms with Crippen molar-refractivity contribution in [3.05, 3.63) is 22.3 Å². The van der Waals surface area contributed by atoms with Gasteiger partial charge in [-0.1, -0.05) is 52.0 Å².